The summed E-state index contributed by atoms with van der Waals surface area (Å²) in [5.41, 5.74) is 4.20. The molecule has 24 heavy (non-hydrogen) atoms. The Hall–Kier alpha value is -0.890. The second-order valence-corrected chi connectivity index (χ2v) is 8.45. The fraction of sp³-hybridized carbons (Fsp3) is 0.941. The Morgan fingerprint density at radius 1 is 1.12 bits per heavy atom. The van der Waals surface area contributed by atoms with E-state index in [2.05, 4.69) is 0 Å². The SMILES string of the molecule is CC(C)(C)OC(=O)N1CCC(N)(C2(O)CCC3(CC2)OCCO3)C1. The molecule has 2 heterocycles. The molecule has 7 nitrogen and oxygen atoms in total. The number of nitrogens with zero attached hydrogens (tertiary/aromatic N) is 1. The van der Waals surface area contributed by atoms with Crippen molar-refractivity contribution in [1.82, 2.24) is 4.90 Å². The van der Waals surface area contributed by atoms with Gasteiger partial charge in [0.1, 0.15) is 5.60 Å². The molecule has 0 aromatic carbocycles. The van der Waals surface area contributed by atoms with Crippen LogP contribution in [0, 0.1) is 0 Å². The lowest BCUT2D eigenvalue weighted by atomic mass is 9.69. The second-order valence-electron chi connectivity index (χ2n) is 8.45. The number of carbonyl (C=O) groups excluding carboxylic acids is 1. The quantitative estimate of drug-likeness (QED) is 0.747. The Bertz CT molecular complexity index is 488. The third kappa shape index (κ3) is 3.27. The van der Waals surface area contributed by atoms with Crippen molar-refractivity contribution in [3.63, 3.8) is 0 Å². The number of carbonyl (C=O) groups is 1. The van der Waals surface area contributed by atoms with Crippen LogP contribution in [0.4, 0.5) is 4.79 Å². The Kier molecular flexibility index (Phi) is 4.35. The highest BCUT2D eigenvalue weighted by Crippen LogP contribution is 2.46. The van der Waals surface area contributed by atoms with Crippen LogP contribution in [0.2, 0.25) is 0 Å². The van der Waals surface area contributed by atoms with Gasteiger partial charge in [-0.1, -0.05) is 0 Å². The average Bonchev–Trinajstić information content (AvgIpc) is 3.09. The third-order valence-corrected chi connectivity index (χ3v) is 5.53. The van der Waals surface area contributed by atoms with Crippen molar-refractivity contribution in [2.75, 3.05) is 26.3 Å². The van der Waals surface area contributed by atoms with E-state index in [1.165, 1.54) is 0 Å². The zero-order valence-electron chi connectivity index (χ0n) is 15.0. The summed E-state index contributed by atoms with van der Waals surface area (Å²) >= 11 is 0. The van der Waals surface area contributed by atoms with Gasteiger partial charge in [0, 0.05) is 25.9 Å². The molecule has 3 fully saturated rings. The van der Waals surface area contributed by atoms with Crippen LogP contribution < -0.4 is 5.73 Å². The highest BCUT2D eigenvalue weighted by molar-refractivity contribution is 5.68. The van der Waals surface area contributed by atoms with Gasteiger partial charge in [-0.15, -0.1) is 0 Å². The number of nitrogens with two attached hydrogens (primary N) is 1. The first kappa shape index (κ1) is 17.9. The van der Waals surface area contributed by atoms with E-state index in [1.54, 1.807) is 4.90 Å². The monoisotopic (exact) mass is 342 g/mol. The second kappa shape index (κ2) is 5.83. The summed E-state index contributed by atoms with van der Waals surface area (Å²) < 4.78 is 16.9. The summed E-state index contributed by atoms with van der Waals surface area (Å²) in [5, 5.41) is 11.2. The molecule has 7 heteroatoms. The Morgan fingerprint density at radius 2 is 1.71 bits per heavy atom. The van der Waals surface area contributed by atoms with E-state index in [4.69, 9.17) is 19.9 Å². The molecular formula is C17H30N2O5. The van der Waals surface area contributed by atoms with Crippen molar-refractivity contribution >= 4 is 6.09 Å². The van der Waals surface area contributed by atoms with E-state index in [9.17, 15) is 9.90 Å². The van der Waals surface area contributed by atoms with Crippen LogP contribution in [0.5, 0.6) is 0 Å². The highest BCUT2D eigenvalue weighted by Gasteiger charge is 2.56. The first-order chi connectivity index (χ1) is 11.1. The Labute approximate surface area is 143 Å². The molecule has 1 unspecified atom stereocenters. The van der Waals surface area contributed by atoms with E-state index < -0.39 is 22.5 Å². The van der Waals surface area contributed by atoms with Crippen LogP contribution in [0.25, 0.3) is 0 Å². The molecule has 0 bridgehead atoms. The van der Waals surface area contributed by atoms with Crippen LogP contribution in [-0.2, 0) is 14.2 Å². The molecular weight excluding hydrogens is 312 g/mol. The molecule has 0 aromatic rings. The van der Waals surface area contributed by atoms with Gasteiger partial charge in [-0.25, -0.2) is 4.79 Å². The molecule has 2 aliphatic heterocycles. The minimum Gasteiger partial charge on any atom is -0.444 e. The summed E-state index contributed by atoms with van der Waals surface area (Å²) in [6.07, 6.45) is 2.51. The van der Waals surface area contributed by atoms with Crippen molar-refractivity contribution in [3.05, 3.63) is 0 Å². The average molecular weight is 342 g/mol. The predicted octanol–water partition coefficient (Wildman–Crippen LogP) is 1.37. The maximum atomic E-state index is 12.3. The maximum Gasteiger partial charge on any atom is 0.410 e. The molecule has 0 aromatic heterocycles. The van der Waals surface area contributed by atoms with Crippen LogP contribution in [0.1, 0.15) is 52.9 Å². The van der Waals surface area contributed by atoms with E-state index in [-0.39, 0.29) is 6.09 Å². The first-order valence-corrected chi connectivity index (χ1v) is 8.84. The number of rotatable bonds is 1. The molecule has 2 saturated heterocycles. The largest absolute Gasteiger partial charge is 0.444 e. The highest BCUT2D eigenvalue weighted by atomic mass is 16.7. The van der Waals surface area contributed by atoms with Crippen molar-refractivity contribution in [2.24, 2.45) is 5.73 Å². The number of ether oxygens (including phenoxy) is 3. The van der Waals surface area contributed by atoms with Crippen molar-refractivity contribution in [2.45, 2.75) is 75.4 Å². The van der Waals surface area contributed by atoms with Crippen LogP contribution >= 0.6 is 0 Å². The first-order valence-electron chi connectivity index (χ1n) is 8.84. The number of aliphatic hydroxyl groups is 1. The Morgan fingerprint density at radius 3 is 2.25 bits per heavy atom. The number of amides is 1. The number of hydrogen-bond donors (Lipinski definition) is 2. The van der Waals surface area contributed by atoms with E-state index in [0.717, 1.165) is 0 Å². The molecule has 3 N–H and O–H groups in total. The molecule has 0 radical (unpaired) electrons. The lowest BCUT2D eigenvalue weighted by Crippen LogP contribution is -2.64. The zero-order valence-corrected chi connectivity index (χ0v) is 15.0. The fourth-order valence-electron chi connectivity index (χ4n) is 4.02. The van der Waals surface area contributed by atoms with Crippen LogP contribution in [0.3, 0.4) is 0 Å². The maximum absolute atomic E-state index is 12.3. The van der Waals surface area contributed by atoms with Gasteiger partial charge in [-0.3, -0.25) is 0 Å². The number of hydrogen-bond acceptors (Lipinski definition) is 6. The molecule has 3 rings (SSSR count). The standard InChI is InChI=1S/C17H30N2O5/c1-14(2,3)24-13(20)19-9-8-15(18,12-19)16(21)4-6-17(7-5-16)22-10-11-23-17/h21H,4-12,18H2,1-3H3. The normalized spacial score (nSPS) is 32.3. The van der Waals surface area contributed by atoms with Gasteiger partial charge in [-0.2, -0.15) is 0 Å². The molecule has 1 aliphatic carbocycles. The van der Waals surface area contributed by atoms with Crippen molar-refractivity contribution < 1.29 is 24.1 Å². The summed E-state index contributed by atoms with van der Waals surface area (Å²) in [6, 6.07) is 0. The fourth-order valence-corrected chi connectivity index (χ4v) is 4.02. The predicted molar refractivity (Wildman–Crippen MR) is 87.4 cm³/mol. The van der Waals surface area contributed by atoms with Crippen LogP contribution in [-0.4, -0.2) is 64.9 Å². The zero-order chi connectivity index (χ0) is 17.6. The molecule has 1 spiro atoms. The Balaban J connectivity index is 1.63. The molecule has 3 aliphatic rings. The van der Waals surface area contributed by atoms with Gasteiger partial charge in [0.2, 0.25) is 0 Å². The topological polar surface area (TPSA) is 94.3 Å². The lowest BCUT2D eigenvalue weighted by molar-refractivity contribution is -0.211. The summed E-state index contributed by atoms with van der Waals surface area (Å²) in [5.74, 6) is -0.536. The van der Waals surface area contributed by atoms with Crippen LogP contribution in [0.15, 0.2) is 0 Å². The van der Waals surface area contributed by atoms with Crippen molar-refractivity contribution in [1.29, 1.82) is 0 Å². The minimum atomic E-state index is -1.01. The van der Waals surface area contributed by atoms with Crippen molar-refractivity contribution in [3.8, 4) is 0 Å². The van der Waals surface area contributed by atoms with E-state index in [1.807, 2.05) is 20.8 Å². The van der Waals surface area contributed by atoms with E-state index >= 15 is 0 Å². The summed E-state index contributed by atoms with van der Waals surface area (Å²) in [6.45, 7) is 7.56. The summed E-state index contributed by atoms with van der Waals surface area (Å²) in [7, 11) is 0. The van der Waals surface area contributed by atoms with Gasteiger partial charge >= 0.3 is 6.09 Å². The van der Waals surface area contributed by atoms with E-state index in [0.29, 0.717) is 58.4 Å². The van der Waals surface area contributed by atoms with Gasteiger partial charge in [-0.05, 0) is 40.0 Å². The molecule has 1 amide bonds. The van der Waals surface area contributed by atoms with Gasteiger partial charge in [0.15, 0.2) is 5.79 Å². The van der Waals surface area contributed by atoms with Gasteiger partial charge in [0.05, 0.1) is 24.4 Å². The molecule has 138 valence electrons. The smallest absolute Gasteiger partial charge is 0.410 e. The molecule has 1 atom stereocenters. The van der Waals surface area contributed by atoms with Gasteiger partial charge < -0.3 is 30.0 Å². The van der Waals surface area contributed by atoms with Gasteiger partial charge in [0.25, 0.3) is 0 Å². The lowest BCUT2D eigenvalue weighted by Gasteiger charge is -2.48. The number of likely N-dealkylation sites (tertiary alicyclic amines) is 1. The third-order valence-electron chi connectivity index (χ3n) is 5.53. The minimum absolute atomic E-state index is 0.313. The molecule has 1 saturated carbocycles. The summed E-state index contributed by atoms with van der Waals surface area (Å²) in [4.78, 5) is 13.9.